The van der Waals surface area contributed by atoms with Crippen LogP contribution < -0.4 is 10.2 Å². The molecule has 0 bridgehead atoms. The van der Waals surface area contributed by atoms with Gasteiger partial charge in [-0.2, -0.15) is 5.10 Å². The second-order valence-electron chi connectivity index (χ2n) is 3.96. The van der Waals surface area contributed by atoms with Crippen molar-refractivity contribution >= 4 is 11.6 Å². The van der Waals surface area contributed by atoms with Gasteiger partial charge in [0.1, 0.15) is 23.0 Å². The van der Waals surface area contributed by atoms with Crippen LogP contribution >= 0.6 is 0 Å². The first-order valence-corrected chi connectivity index (χ1v) is 5.90. The fourth-order valence-corrected chi connectivity index (χ4v) is 1.42. The number of halogens is 1. The zero-order valence-electron chi connectivity index (χ0n) is 10.8. The van der Waals surface area contributed by atoms with Crippen molar-refractivity contribution in [1.29, 1.82) is 0 Å². The molecule has 0 aliphatic carbocycles. The van der Waals surface area contributed by atoms with Crippen LogP contribution in [0.25, 0.3) is 0 Å². The first kappa shape index (κ1) is 13.8. The van der Waals surface area contributed by atoms with Crippen LogP contribution in [0.5, 0.6) is 5.75 Å². The zero-order chi connectivity index (χ0) is 14.4. The number of hydrazone groups is 1. The number of carbonyl (C=O) groups excluding carboxylic acids is 1. The van der Waals surface area contributed by atoms with E-state index in [0.717, 1.165) is 0 Å². The van der Waals surface area contributed by atoms with Crippen LogP contribution in [0, 0.1) is 5.82 Å². The molecule has 2 rings (SSSR count). The molecule has 0 saturated carbocycles. The van der Waals surface area contributed by atoms with Crippen molar-refractivity contribution in [2.24, 2.45) is 5.10 Å². The van der Waals surface area contributed by atoms with E-state index in [9.17, 15) is 9.18 Å². The highest BCUT2D eigenvalue weighted by Gasteiger charge is 2.04. The van der Waals surface area contributed by atoms with E-state index in [0.29, 0.717) is 11.5 Å². The third-order valence-electron chi connectivity index (χ3n) is 2.39. The van der Waals surface area contributed by atoms with Gasteiger partial charge in [0.25, 0.3) is 5.91 Å². The molecule has 1 heterocycles. The third kappa shape index (κ3) is 3.94. The number of hydrogen-bond donors (Lipinski definition) is 1. The molecule has 1 N–H and O–H groups in total. The molecule has 6 heteroatoms. The quantitative estimate of drug-likeness (QED) is 0.673. The summed E-state index contributed by atoms with van der Waals surface area (Å²) in [5.74, 6) is -0.0157. The van der Waals surface area contributed by atoms with Crippen LogP contribution in [0.4, 0.5) is 4.39 Å². The number of nitrogens with zero attached hydrogens (tertiary/aromatic N) is 1. The van der Waals surface area contributed by atoms with Gasteiger partial charge in [-0.15, -0.1) is 0 Å². The maximum atomic E-state index is 12.9. The van der Waals surface area contributed by atoms with Crippen LogP contribution in [-0.4, -0.2) is 18.2 Å². The Bertz CT molecular complexity index is 609. The fraction of sp³-hybridized carbons (Fsp3) is 0.143. The van der Waals surface area contributed by atoms with Crippen molar-refractivity contribution in [3.05, 3.63) is 54.2 Å². The van der Waals surface area contributed by atoms with Crippen LogP contribution in [0.2, 0.25) is 0 Å². The molecule has 0 atom stereocenters. The lowest BCUT2D eigenvalue weighted by Crippen LogP contribution is -2.25. The van der Waals surface area contributed by atoms with E-state index in [4.69, 9.17) is 9.15 Å². The molecule has 2 aromatic rings. The minimum Gasteiger partial charge on any atom is -0.484 e. The number of nitrogens with one attached hydrogen (secondary N) is 1. The fourth-order valence-electron chi connectivity index (χ4n) is 1.42. The monoisotopic (exact) mass is 276 g/mol. The van der Waals surface area contributed by atoms with E-state index in [2.05, 4.69) is 10.5 Å². The van der Waals surface area contributed by atoms with E-state index in [1.807, 2.05) is 0 Å². The summed E-state index contributed by atoms with van der Waals surface area (Å²) in [6, 6.07) is 9.02. The average molecular weight is 276 g/mol. The molecular weight excluding hydrogens is 263 g/mol. The van der Waals surface area contributed by atoms with E-state index >= 15 is 0 Å². The second-order valence-corrected chi connectivity index (χ2v) is 3.96. The number of hydrogen-bond acceptors (Lipinski definition) is 4. The lowest BCUT2D eigenvalue weighted by molar-refractivity contribution is -0.123. The molecule has 0 unspecified atom stereocenters. The normalized spacial score (nSPS) is 11.2. The first-order valence-electron chi connectivity index (χ1n) is 5.90. The van der Waals surface area contributed by atoms with Gasteiger partial charge in [0.2, 0.25) is 0 Å². The Morgan fingerprint density at radius 3 is 2.95 bits per heavy atom. The summed E-state index contributed by atoms with van der Waals surface area (Å²) in [5, 5.41) is 3.87. The summed E-state index contributed by atoms with van der Waals surface area (Å²) in [6.45, 7) is 1.45. The van der Waals surface area contributed by atoms with Crippen LogP contribution in [-0.2, 0) is 4.79 Å². The largest absolute Gasteiger partial charge is 0.484 e. The summed E-state index contributed by atoms with van der Waals surface area (Å²) in [6.07, 6.45) is 1.52. The molecule has 0 aliphatic heterocycles. The van der Waals surface area contributed by atoms with Gasteiger partial charge in [0.15, 0.2) is 6.61 Å². The smallest absolute Gasteiger partial charge is 0.277 e. The average Bonchev–Trinajstić information content (AvgIpc) is 2.97. The second kappa shape index (κ2) is 6.51. The molecule has 0 aliphatic rings. The van der Waals surface area contributed by atoms with Gasteiger partial charge in [-0.3, -0.25) is 4.79 Å². The topological polar surface area (TPSA) is 63.8 Å². The highest BCUT2D eigenvalue weighted by Crippen LogP contribution is 2.11. The molecule has 1 aromatic carbocycles. The number of amides is 1. The Kier molecular flexibility index (Phi) is 4.49. The Hall–Kier alpha value is -2.63. The van der Waals surface area contributed by atoms with Gasteiger partial charge in [-0.25, -0.2) is 9.82 Å². The number of rotatable bonds is 5. The SMILES string of the molecule is C/C(=N/NC(=O)COc1cccc(F)c1)c1ccco1. The lowest BCUT2D eigenvalue weighted by Gasteiger charge is -2.05. The van der Waals surface area contributed by atoms with Crippen molar-refractivity contribution in [1.82, 2.24) is 5.43 Å². The number of benzene rings is 1. The number of carbonyl (C=O) groups is 1. The minimum absolute atomic E-state index is 0.252. The first-order chi connectivity index (χ1) is 9.65. The van der Waals surface area contributed by atoms with E-state index < -0.39 is 11.7 Å². The van der Waals surface area contributed by atoms with Gasteiger partial charge in [0, 0.05) is 6.07 Å². The van der Waals surface area contributed by atoms with Crippen molar-refractivity contribution in [2.75, 3.05) is 6.61 Å². The molecule has 5 nitrogen and oxygen atoms in total. The van der Waals surface area contributed by atoms with Crippen molar-refractivity contribution < 1.29 is 18.3 Å². The predicted octanol–water partition coefficient (Wildman–Crippen LogP) is 2.34. The van der Waals surface area contributed by atoms with Gasteiger partial charge in [-0.05, 0) is 31.2 Å². The molecule has 0 saturated heterocycles. The zero-order valence-corrected chi connectivity index (χ0v) is 10.8. The van der Waals surface area contributed by atoms with Gasteiger partial charge in [-0.1, -0.05) is 6.07 Å². The maximum absolute atomic E-state index is 12.9. The highest BCUT2D eigenvalue weighted by atomic mass is 19.1. The van der Waals surface area contributed by atoms with Gasteiger partial charge >= 0.3 is 0 Å². The Labute approximate surface area is 115 Å². The number of ether oxygens (including phenoxy) is 1. The molecule has 1 amide bonds. The Morgan fingerprint density at radius 2 is 2.25 bits per heavy atom. The molecule has 104 valence electrons. The van der Waals surface area contributed by atoms with Crippen molar-refractivity contribution in [3.63, 3.8) is 0 Å². The summed E-state index contributed by atoms with van der Waals surface area (Å²) in [5.41, 5.74) is 2.86. The van der Waals surface area contributed by atoms with E-state index in [-0.39, 0.29) is 12.4 Å². The molecule has 0 spiro atoms. The van der Waals surface area contributed by atoms with Crippen LogP contribution in [0.1, 0.15) is 12.7 Å². The van der Waals surface area contributed by atoms with Crippen molar-refractivity contribution in [3.8, 4) is 5.75 Å². The summed E-state index contributed by atoms with van der Waals surface area (Å²) < 4.78 is 23.1. The Balaban J connectivity index is 1.83. The summed E-state index contributed by atoms with van der Waals surface area (Å²) in [4.78, 5) is 11.5. The predicted molar refractivity (Wildman–Crippen MR) is 71.0 cm³/mol. The van der Waals surface area contributed by atoms with Crippen molar-refractivity contribution in [2.45, 2.75) is 6.92 Å². The molecule has 0 fully saturated rings. The molecular formula is C14H13FN2O3. The Morgan fingerprint density at radius 1 is 1.40 bits per heavy atom. The van der Waals surface area contributed by atoms with Gasteiger partial charge < -0.3 is 9.15 Å². The standard InChI is InChI=1S/C14H13FN2O3/c1-10(13-6-3-7-19-13)16-17-14(18)9-20-12-5-2-4-11(15)8-12/h2-8H,9H2,1H3,(H,17,18)/b16-10-. The summed E-state index contributed by atoms with van der Waals surface area (Å²) >= 11 is 0. The summed E-state index contributed by atoms with van der Waals surface area (Å²) in [7, 11) is 0. The minimum atomic E-state index is -0.444. The molecule has 1 aromatic heterocycles. The highest BCUT2D eigenvalue weighted by molar-refractivity contribution is 5.96. The molecule has 0 radical (unpaired) electrons. The third-order valence-corrected chi connectivity index (χ3v) is 2.39. The van der Waals surface area contributed by atoms with E-state index in [1.54, 1.807) is 25.1 Å². The maximum Gasteiger partial charge on any atom is 0.277 e. The molecule has 20 heavy (non-hydrogen) atoms. The number of furan rings is 1. The van der Waals surface area contributed by atoms with Crippen LogP contribution in [0.15, 0.2) is 52.2 Å². The van der Waals surface area contributed by atoms with E-state index in [1.165, 1.54) is 24.5 Å². The lowest BCUT2D eigenvalue weighted by atomic mass is 10.3. The van der Waals surface area contributed by atoms with Gasteiger partial charge in [0.05, 0.1) is 6.26 Å². The van der Waals surface area contributed by atoms with Crippen LogP contribution in [0.3, 0.4) is 0 Å².